The van der Waals surface area contributed by atoms with Crippen LogP contribution in [0.4, 0.5) is 17.6 Å². The van der Waals surface area contributed by atoms with Gasteiger partial charge in [0.05, 0.1) is 4.88 Å². The first kappa shape index (κ1) is 17.4. The number of ketones is 1. The highest BCUT2D eigenvalue weighted by Gasteiger charge is 2.55. The van der Waals surface area contributed by atoms with Crippen LogP contribution in [0.5, 0.6) is 0 Å². The van der Waals surface area contributed by atoms with Gasteiger partial charge in [0.25, 0.3) is 0 Å². The molecule has 0 bridgehead atoms. The number of thiophene rings is 1. The number of halogens is 4. The van der Waals surface area contributed by atoms with Crippen LogP contribution in [0.2, 0.25) is 0 Å². The molecule has 2 rings (SSSR count). The Morgan fingerprint density at radius 3 is 2.43 bits per heavy atom. The van der Waals surface area contributed by atoms with Crippen LogP contribution in [0.25, 0.3) is 0 Å². The minimum absolute atomic E-state index is 0.364. The van der Waals surface area contributed by atoms with Crippen LogP contribution >= 0.6 is 11.3 Å². The van der Waals surface area contributed by atoms with E-state index in [1.54, 1.807) is 11.4 Å². The highest BCUT2D eigenvalue weighted by atomic mass is 32.1. The summed E-state index contributed by atoms with van der Waals surface area (Å²) in [4.78, 5) is 12.1. The third kappa shape index (κ3) is 3.68. The van der Waals surface area contributed by atoms with Gasteiger partial charge in [-0.1, -0.05) is 30.3 Å². The maximum Gasteiger partial charge on any atom is 0.421 e. The average Bonchev–Trinajstić information content (AvgIpc) is 3.00. The number of allylic oxidation sites excluding steroid dienone is 1. The van der Waals surface area contributed by atoms with Crippen LogP contribution in [0.1, 0.15) is 21.7 Å². The molecule has 0 spiro atoms. The molecule has 0 amide bonds. The molecule has 1 aromatic carbocycles. The van der Waals surface area contributed by atoms with E-state index < -0.39 is 35.4 Å². The Hall–Kier alpha value is -1.99. The van der Waals surface area contributed by atoms with Crippen LogP contribution in [-0.4, -0.2) is 17.1 Å². The Labute approximate surface area is 133 Å². The summed E-state index contributed by atoms with van der Waals surface area (Å²) < 4.78 is 53.4. The first-order valence-electron chi connectivity index (χ1n) is 6.54. The van der Waals surface area contributed by atoms with Crippen LogP contribution < -0.4 is 0 Å². The van der Waals surface area contributed by atoms with Crippen LogP contribution in [0, 0.1) is 5.82 Å². The van der Waals surface area contributed by atoms with E-state index in [2.05, 4.69) is 0 Å². The van der Waals surface area contributed by atoms with Crippen molar-refractivity contribution in [3.05, 3.63) is 70.2 Å². The lowest BCUT2D eigenvalue weighted by Crippen LogP contribution is -2.42. The Balaban J connectivity index is 2.27. The Bertz CT molecular complexity index is 707. The molecule has 0 fully saturated rings. The number of carbonyl (C=O) groups excluding carboxylic acids is 1. The smallest absolute Gasteiger partial charge is 0.376 e. The number of rotatable bonds is 5. The zero-order valence-corrected chi connectivity index (χ0v) is 12.5. The summed E-state index contributed by atoms with van der Waals surface area (Å²) >= 11 is 1.15. The molecular formula is C16H12F4O2S. The fourth-order valence-corrected chi connectivity index (χ4v) is 2.66. The third-order valence-electron chi connectivity index (χ3n) is 3.23. The number of benzene rings is 1. The normalized spacial score (nSPS) is 14.8. The summed E-state index contributed by atoms with van der Waals surface area (Å²) in [6.07, 6.45) is -4.20. The van der Waals surface area contributed by atoms with E-state index in [9.17, 15) is 27.5 Å². The molecule has 1 heterocycles. The van der Waals surface area contributed by atoms with E-state index in [1.165, 1.54) is 18.2 Å². The van der Waals surface area contributed by atoms with Gasteiger partial charge in [0.15, 0.2) is 11.4 Å². The monoisotopic (exact) mass is 344 g/mol. The number of hydrogen-bond acceptors (Lipinski definition) is 3. The van der Waals surface area contributed by atoms with E-state index in [-0.39, 0.29) is 0 Å². The van der Waals surface area contributed by atoms with Gasteiger partial charge in [-0.25, -0.2) is 4.39 Å². The van der Waals surface area contributed by atoms with E-state index in [4.69, 9.17) is 0 Å². The molecule has 7 heteroatoms. The van der Waals surface area contributed by atoms with Gasteiger partial charge < -0.3 is 5.11 Å². The molecule has 1 aromatic heterocycles. The second kappa shape index (κ2) is 6.64. The lowest BCUT2D eigenvalue weighted by Gasteiger charge is -2.30. The van der Waals surface area contributed by atoms with E-state index >= 15 is 0 Å². The van der Waals surface area contributed by atoms with Crippen molar-refractivity contribution in [3.63, 3.8) is 0 Å². The van der Waals surface area contributed by atoms with E-state index in [0.29, 0.717) is 4.88 Å². The molecule has 0 radical (unpaired) electrons. The quantitative estimate of drug-likeness (QED) is 0.494. The van der Waals surface area contributed by atoms with Gasteiger partial charge in [-0.05, 0) is 23.6 Å². The second-order valence-corrected chi connectivity index (χ2v) is 5.73. The van der Waals surface area contributed by atoms with Crippen molar-refractivity contribution in [1.29, 1.82) is 0 Å². The summed E-state index contributed by atoms with van der Waals surface area (Å²) in [5.74, 6) is -1.64. The van der Waals surface area contributed by atoms with Crippen molar-refractivity contribution >= 4 is 17.1 Å². The van der Waals surface area contributed by atoms with Crippen molar-refractivity contribution in [2.24, 2.45) is 0 Å². The number of alkyl halides is 3. The van der Waals surface area contributed by atoms with Gasteiger partial charge >= 0.3 is 6.18 Å². The van der Waals surface area contributed by atoms with Gasteiger partial charge in [0.1, 0.15) is 5.82 Å². The molecule has 2 aromatic rings. The fraction of sp³-hybridized carbons (Fsp3) is 0.188. The number of carbonyl (C=O) groups is 1. The molecular weight excluding hydrogens is 332 g/mol. The minimum atomic E-state index is -5.09. The Morgan fingerprint density at radius 2 is 1.87 bits per heavy atom. The third-order valence-corrected chi connectivity index (χ3v) is 4.12. The summed E-state index contributed by atoms with van der Waals surface area (Å²) in [6.45, 7) is 0. The Morgan fingerprint density at radius 1 is 1.17 bits per heavy atom. The van der Waals surface area contributed by atoms with Crippen molar-refractivity contribution in [3.8, 4) is 0 Å². The topological polar surface area (TPSA) is 37.3 Å². The first-order chi connectivity index (χ1) is 10.8. The Kier molecular flexibility index (Phi) is 5.01. The summed E-state index contributed by atoms with van der Waals surface area (Å²) in [5.41, 5.74) is -4.27. The zero-order chi connectivity index (χ0) is 17.1. The number of hydrogen-bond donors (Lipinski definition) is 1. The maximum absolute atomic E-state index is 13.7. The van der Waals surface area contributed by atoms with Gasteiger partial charge in [0.2, 0.25) is 0 Å². The first-order valence-corrected chi connectivity index (χ1v) is 7.42. The predicted molar refractivity (Wildman–Crippen MR) is 78.8 cm³/mol. The van der Waals surface area contributed by atoms with Crippen molar-refractivity contribution in [2.45, 2.75) is 18.2 Å². The molecule has 0 aliphatic heterocycles. The number of aliphatic hydroxyl groups is 1. The average molecular weight is 344 g/mol. The summed E-state index contributed by atoms with van der Waals surface area (Å²) in [6, 6.07) is 7.31. The predicted octanol–water partition coefficient (Wildman–Crippen LogP) is 4.47. The SMILES string of the molecule is O=C(/C=C/C[C@](O)(c1ccccc1F)C(F)(F)F)c1cccs1. The highest BCUT2D eigenvalue weighted by molar-refractivity contribution is 7.12. The standard InChI is InChI=1S/C16H12F4O2S/c17-12-6-2-1-5-11(12)15(22,16(18,19)20)9-3-7-13(21)14-8-4-10-23-14/h1-8,10,22H,9H2/b7-3+/t15-/m0/s1. The zero-order valence-electron chi connectivity index (χ0n) is 11.7. The molecule has 0 unspecified atom stereocenters. The molecule has 0 aliphatic rings. The van der Waals surface area contributed by atoms with Crippen LogP contribution in [-0.2, 0) is 5.60 Å². The van der Waals surface area contributed by atoms with E-state index in [1.807, 2.05) is 0 Å². The molecule has 0 saturated heterocycles. The lowest BCUT2D eigenvalue weighted by molar-refractivity contribution is -0.266. The maximum atomic E-state index is 13.7. The van der Waals surface area contributed by atoms with Crippen LogP contribution in [0.3, 0.4) is 0 Å². The highest BCUT2D eigenvalue weighted by Crippen LogP contribution is 2.42. The molecule has 2 nitrogen and oxygen atoms in total. The summed E-state index contributed by atoms with van der Waals surface area (Å²) in [7, 11) is 0. The van der Waals surface area contributed by atoms with Gasteiger partial charge in [-0.3, -0.25) is 4.79 Å². The lowest BCUT2D eigenvalue weighted by atomic mass is 9.89. The van der Waals surface area contributed by atoms with Gasteiger partial charge in [-0.2, -0.15) is 13.2 Å². The largest absolute Gasteiger partial charge is 0.421 e. The van der Waals surface area contributed by atoms with Crippen molar-refractivity contribution in [1.82, 2.24) is 0 Å². The fourth-order valence-electron chi connectivity index (χ4n) is 2.01. The minimum Gasteiger partial charge on any atom is -0.376 e. The molecule has 0 saturated carbocycles. The molecule has 23 heavy (non-hydrogen) atoms. The van der Waals surface area contributed by atoms with Gasteiger partial charge in [0, 0.05) is 12.0 Å². The van der Waals surface area contributed by atoms with E-state index in [0.717, 1.165) is 35.6 Å². The van der Waals surface area contributed by atoms with Crippen LogP contribution in [0.15, 0.2) is 53.9 Å². The molecule has 0 aliphatic carbocycles. The molecule has 1 atom stereocenters. The molecule has 122 valence electrons. The molecule has 1 N–H and O–H groups in total. The second-order valence-electron chi connectivity index (χ2n) is 4.79. The van der Waals surface area contributed by atoms with Crippen molar-refractivity contribution < 1.29 is 27.5 Å². The summed E-state index contributed by atoms with van der Waals surface area (Å²) in [5, 5.41) is 11.7. The van der Waals surface area contributed by atoms with Gasteiger partial charge in [-0.15, -0.1) is 11.3 Å². The van der Waals surface area contributed by atoms with Crippen molar-refractivity contribution in [2.75, 3.05) is 0 Å².